The molecule has 0 aromatic heterocycles. The Kier molecular flexibility index (Phi) is 4.06. The summed E-state index contributed by atoms with van der Waals surface area (Å²) in [7, 11) is -3.36. The van der Waals surface area contributed by atoms with Crippen LogP contribution in [-0.2, 0) is 19.2 Å². The molecule has 0 atom stereocenters. The lowest BCUT2D eigenvalue weighted by Crippen LogP contribution is -2.57. The fraction of sp³-hybridized carbons (Fsp3) is 0.556. The summed E-state index contributed by atoms with van der Waals surface area (Å²) >= 11 is 0. The van der Waals surface area contributed by atoms with E-state index in [1.54, 1.807) is 0 Å². The van der Waals surface area contributed by atoms with Gasteiger partial charge in [-0.2, -0.15) is 0 Å². The van der Waals surface area contributed by atoms with Gasteiger partial charge >= 0.3 is 0 Å². The monoisotopic (exact) mass is 214 g/mol. The minimum Gasteiger partial charge on any atom is -0.305 e. The standard InChI is InChI=1S/C9H14O4Si/c1-6(10)5-14(7(2)11,8(3)12)9(4)13/h5H2,1-4H3. The van der Waals surface area contributed by atoms with E-state index in [9.17, 15) is 19.2 Å². The highest BCUT2D eigenvalue weighted by Gasteiger charge is 2.50. The summed E-state index contributed by atoms with van der Waals surface area (Å²) in [5.41, 5.74) is 0. The molecule has 0 aliphatic rings. The lowest BCUT2D eigenvalue weighted by atomic mass is 10.5. The quantitative estimate of drug-likeness (QED) is 0.621. The molecule has 78 valence electrons. The molecule has 0 radical (unpaired) electrons. The maximum atomic E-state index is 11.4. The molecule has 0 aromatic carbocycles. The van der Waals surface area contributed by atoms with Crippen LogP contribution < -0.4 is 0 Å². The van der Waals surface area contributed by atoms with Gasteiger partial charge in [-0.1, -0.05) is 0 Å². The molecule has 0 unspecified atom stereocenters. The first-order chi connectivity index (χ1) is 6.25. The van der Waals surface area contributed by atoms with E-state index in [-0.39, 0.29) is 11.8 Å². The van der Waals surface area contributed by atoms with E-state index in [4.69, 9.17) is 0 Å². The number of carbonyl (C=O) groups excluding carboxylic acids is 4. The molecule has 0 spiro atoms. The predicted octanol–water partition coefficient (Wildman–Crippen LogP) is 0.409. The van der Waals surface area contributed by atoms with Crippen LogP contribution in [-0.4, -0.2) is 30.1 Å². The summed E-state index contributed by atoms with van der Waals surface area (Å²) in [4.78, 5) is 45.0. The van der Waals surface area contributed by atoms with Crippen molar-refractivity contribution < 1.29 is 19.2 Å². The Bertz CT molecular complexity index is 270. The van der Waals surface area contributed by atoms with Crippen molar-refractivity contribution in [2.45, 2.75) is 33.7 Å². The number of Topliss-reactive ketones (excluding diaryl/α,β-unsaturated/α-hetero) is 1. The fourth-order valence-electron chi connectivity index (χ4n) is 1.49. The SMILES string of the molecule is CC(=O)C[Si](C(C)=O)(C(C)=O)C(C)=O. The van der Waals surface area contributed by atoms with Gasteiger partial charge in [-0.3, -0.25) is 0 Å². The average Bonchev–Trinajstić information content (AvgIpc) is 1.97. The second-order valence-corrected chi connectivity index (χ2v) is 7.73. The molecule has 0 saturated carbocycles. The fourth-order valence-corrected chi connectivity index (χ4v) is 4.47. The van der Waals surface area contributed by atoms with Crippen LogP contribution in [0.3, 0.4) is 0 Å². The van der Waals surface area contributed by atoms with Crippen LogP contribution in [0, 0.1) is 0 Å². The highest BCUT2D eigenvalue weighted by atomic mass is 28.3. The number of ketones is 1. The maximum absolute atomic E-state index is 11.4. The lowest BCUT2D eigenvalue weighted by molar-refractivity contribution is -0.121. The van der Waals surface area contributed by atoms with Crippen molar-refractivity contribution in [1.29, 1.82) is 0 Å². The lowest BCUT2D eigenvalue weighted by Gasteiger charge is -2.20. The first kappa shape index (κ1) is 12.9. The molecular weight excluding hydrogens is 200 g/mol. The summed E-state index contributed by atoms with van der Waals surface area (Å²) < 4.78 is 0. The summed E-state index contributed by atoms with van der Waals surface area (Å²) in [6.45, 7) is 4.95. The van der Waals surface area contributed by atoms with Crippen molar-refractivity contribution >= 4 is 30.1 Å². The summed E-state index contributed by atoms with van der Waals surface area (Å²) in [6.07, 6.45) is 0. The molecule has 14 heavy (non-hydrogen) atoms. The zero-order valence-electron chi connectivity index (χ0n) is 8.84. The minimum absolute atomic E-state index is 0.188. The molecule has 4 nitrogen and oxygen atoms in total. The van der Waals surface area contributed by atoms with E-state index in [1.807, 2.05) is 0 Å². The van der Waals surface area contributed by atoms with Gasteiger partial charge in [-0.05, 0) is 27.7 Å². The van der Waals surface area contributed by atoms with E-state index in [1.165, 1.54) is 27.7 Å². The first-order valence-electron chi connectivity index (χ1n) is 4.27. The van der Waals surface area contributed by atoms with E-state index in [2.05, 4.69) is 0 Å². The average molecular weight is 214 g/mol. The van der Waals surface area contributed by atoms with Crippen molar-refractivity contribution in [1.82, 2.24) is 0 Å². The summed E-state index contributed by atoms with van der Waals surface area (Å²) in [5.74, 6) is -0.280. The predicted molar refractivity (Wildman–Crippen MR) is 53.3 cm³/mol. The molecule has 0 rings (SSSR count). The molecule has 0 heterocycles. The third kappa shape index (κ3) is 2.23. The van der Waals surface area contributed by atoms with Gasteiger partial charge in [0.2, 0.25) is 0 Å². The Morgan fingerprint density at radius 2 is 1.07 bits per heavy atom. The summed E-state index contributed by atoms with van der Waals surface area (Å²) in [6, 6.07) is -0.188. The zero-order valence-corrected chi connectivity index (χ0v) is 9.84. The van der Waals surface area contributed by atoms with Crippen LogP contribution in [0.4, 0.5) is 0 Å². The van der Waals surface area contributed by atoms with E-state index in [0.29, 0.717) is 0 Å². The van der Waals surface area contributed by atoms with Gasteiger partial charge in [0.15, 0.2) is 0 Å². The Morgan fingerprint density at radius 3 is 1.14 bits per heavy atom. The van der Waals surface area contributed by atoms with Crippen molar-refractivity contribution in [3.63, 3.8) is 0 Å². The molecule has 0 fully saturated rings. The molecule has 0 N–H and O–H groups in total. The highest BCUT2D eigenvalue weighted by molar-refractivity contribution is 7.41. The Morgan fingerprint density at radius 1 is 0.786 bits per heavy atom. The molecule has 0 amide bonds. The van der Waals surface area contributed by atoms with Crippen molar-refractivity contribution in [2.24, 2.45) is 0 Å². The van der Waals surface area contributed by atoms with Crippen molar-refractivity contribution in [3.8, 4) is 0 Å². The largest absolute Gasteiger partial charge is 0.305 e. The highest BCUT2D eigenvalue weighted by Crippen LogP contribution is 2.14. The van der Waals surface area contributed by atoms with Gasteiger partial charge in [-0.15, -0.1) is 0 Å². The molecule has 0 bridgehead atoms. The van der Waals surface area contributed by atoms with Crippen molar-refractivity contribution in [3.05, 3.63) is 0 Å². The smallest absolute Gasteiger partial charge is 0.285 e. The third-order valence-electron chi connectivity index (χ3n) is 2.32. The van der Waals surface area contributed by atoms with Crippen molar-refractivity contribution in [2.75, 3.05) is 0 Å². The first-order valence-corrected chi connectivity index (χ1v) is 6.48. The van der Waals surface area contributed by atoms with E-state index >= 15 is 0 Å². The van der Waals surface area contributed by atoms with Crippen LogP contribution in [0.25, 0.3) is 0 Å². The number of carbonyl (C=O) groups is 4. The Balaban J connectivity index is 5.38. The third-order valence-corrected chi connectivity index (χ3v) is 6.95. The Hall–Kier alpha value is -1.10. The zero-order chi connectivity index (χ0) is 11.5. The second-order valence-electron chi connectivity index (χ2n) is 3.45. The number of rotatable bonds is 5. The maximum Gasteiger partial charge on any atom is 0.285 e. The van der Waals surface area contributed by atoms with Gasteiger partial charge in [0.25, 0.3) is 8.07 Å². The normalized spacial score (nSPS) is 10.9. The molecular formula is C9H14O4Si. The molecule has 5 heteroatoms. The molecule has 0 aromatic rings. The minimum atomic E-state index is -3.36. The number of hydrogen-bond acceptors (Lipinski definition) is 4. The van der Waals surface area contributed by atoms with Gasteiger partial charge < -0.3 is 19.2 Å². The molecule has 0 aliphatic carbocycles. The van der Waals surface area contributed by atoms with Crippen LogP contribution >= 0.6 is 0 Å². The Labute approximate surface area is 83.7 Å². The van der Waals surface area contributed by atoms with Crippen LogP contribution in [0.15, 0.2) is 0 Å². The second kappa shape index (κ2) is 4.41. The topological polar surface area (TPSA) is 68.3 Å². The van der Waals surface area contributed by atoms with Gasteiger partial charge in [0, 0.05) is 6.04 Å². The molecule has 0 aliphatic heterocycles. The van der Waals surface area contributed by atoms with Crippen LogP contribution in [0.5, 0.6) is 0 Å². The molecule has 0 saturated heterocycles. The van der Waals surface area contributed by atoms with Crippen LogP contribution in [0.2, 0.25) is 6.04 Å². The number of hydrogen-bond donors (Lipinski definition) is 0. The van der Waals surface area contributed by atoms with Gasteiger partial charge in [0.05, 0.1) is 0 Å². The van der Waals surface area contributed by atoms with Gasteiger partial charge in [0.1, 0.15) is 22.0 Å². The van der Waals surface area contributed by atoms with E-state index in [0.717, 1.165) is 0 Å². The van der Waals surface area contributed by atoms with Crippen LogP contribution in [0.1, 0.15) is 27.7 Å². The van der Waals surface area contributed by atoms with E-state index < -0.39 is 24.3 Å². The summed E-state index contributed by atoms with van der Waals surface area (Å²) in [5, 5.41) is -1.27. The van der Waals surface area contributed by atoms with Gasteiger partial charge in [-0.25, -0.2) is 0 Å².